The minimum Gasteiger partial charge on any atom is -0.300 e. The van der Waals surface area contributed by atoms with Crippen molar-refractivity contribution in [1.82, 2.24) is 9.88 Å². The highest BCUT2D eigenvalue weighted by molar-refractivity contribution is 7.07. The Kier molecular flexibility index (Phi) is 3.49. The van der Waals surface area contributed by atoms with Gasteiger partial charge in [-0.05, 0) is 32.9 Å². The smallest absolute Gasteiger partial charge is 0.133 e. The number of likely N-dealkylation sites (tertiary alicyclic amines) is 1. The third-order valence-corrected chi connectivity index (χ3v) is 3.67. The lowest BCUT2D eigenvalue weighted by Crippen LogP contribution is -2.35. The zero-order valence-electron chi connectivity index (χ0n) is 8.98. The van der Waals surface area contributed by atoms with Crippen molar-refractivity contribution in [2.45, 2.75) is 26.3 Å². The van der Waals surface area contributed by atoms with Gasteiger partial charge < -0.3 is 0 Å². The Morgan fingerprint density at radius 3 is 2.87 bits per heavy atom. The summed E-state index contributed by atoms with van der Waals surface area (Å²) in [4.78, 5) is 17.9. The van der Waals surface area contributed by atoms with Crippen LogP contribution in [0.3, 0.4) is 0 Å². The molecule has 4 heteroatoms. The number of hydrogen-bond acceptors (Lipinski definition) is 4. The molecule has 3 nitrogen and oxygen atoms in total. The number of piperidine rings is 1. The van der Waals surface area contributed by atoms with E-state index in [2.05, 4.69) is 15.3 Å². The van der Waals surface area contributed by atoms with E-state index in [0.717, 1.165) is 38.2 Å². The van der Waals surface area contributed by atoms with Gasteiger partial charge in [0.1, 0.15) is 5.78 Å². The number of Topliss-reactive ketones (excluding diaryl/α,β-unsaturated/α-hetero) is 1. The lowest BCUT2D eigenvalue weighted by molar-refractivity contribution is -0.122. The third-order valence-electron chi connectivity index (χ3n) is 3.03. The van der Waals surface area contributed by atoms with Crippen LogP contribution >= 0.6 is 11.3 Å². The standard InChI is InChI=1S/C11H16N2OS/c1-9(14)10-2-4-13(5-3-10)6-11-7-15-8-12-11/h7-8,10H,2-6H2,1H3. The Morgan fingerprint density at radius 1 is 1.60 bits per heavy atom. The molecule has 1 aromatic rings. The number of carbonyl (C=O) groups excluding carboxylic acids is 1. The van der Waals surface area contributed by atoms with E-state index < -0.39 is 0 Å². The maximum atomic E-state index is 11.2. The lowest BCUT2D eigenvalue weighted by Gasteiger charge is -2.30. The second kappa shape index (κ2) is 4.86. The Hall–Kier alpha value is -0.740. The summed E-state index contributed by atoms with van der Waals surface area (Å²) in [5.41, 5.74) is 3.03. The maximum absolute atomic E-state index is 11.2. The molecule has 1 fully saturated rings. The van der Waals surface area contributed by atoms with Gasteiger partial charge in [-0.15, -0.1) is 11.3 Å². The summed E-state index contributed by atoms with van der Waals surface area (Å²) >= 11 is 1.64. The molecule has 1 aromatic heterocycles. The zero-order valence-corrected chi connectivity index (χ0v) is 9.80. The van der Waals surface area contributed by atoms with Crippen LogP contribution in [0, 0.1) is 5.92 Å². The largest absolute Gasteiger partial charge is 0.300 e. The van der Waals surface area contributed by atoms with Gasteiger partial charge >= 0.3 is 0 Å². The van der Waals surface area contributed by atoms with Gasteiger partial charge in [0.15, 0.2) is 0 Å². The summed E-state index contributed by atoms with van der Waals surface area (Å²) in [6.45, 7) is 4.71. The molecule has 0 radical (unpaired) electrons. The number of hydrogen-bond donors (Lipinski definition) is 0. The van der Waals surface area contributed by atoms with E-state index in [1.807, 2.05) is 5.51 Å². The number of carbonyl (C=O) groups is 1. The highest BCUT2D eigenvalue weighted by Gasteiger charge is 2.22. The number of thiazole rings is 1. The van der Waals surface area contributed by atoms with E-state index in [-0.39, 0.29) is 0 Å². The molecule has 1 saturated heterocycles. The predicted octanol–water partition coefficient (Wildman–Crippen LogP) is 1.94. The molecule has 82 valence electrons. The topological polar surface area (TPSA) is 33.2 Å². The van der Waals surface area contributed by atoms with Gasteiger partial charge in [0.25, 0.3) is 0 Å². The molecule has 0 bridgehead atoms. The van der Waals surface area contributed by atoms with Crippen LogP contribution in [-0.4, -0.2) is 28.8 Å². The normalized spacial score (nSPS) is 19.3. The highest BCUT2D eigenvalue weighted by atomic mass is 32.1. The van der Waals surface area contributed by atoms with Crippen LogP contribution in [0.1, 0.15) is 25.5 Å². The molecule has 0 saturated carbocycles. The minimum atomic E-state index is 0.302. The number of rotatable bonds is 3. The van der Waals surface area contributed by atoms with Crippen molar-refractivity contribution in [3.8, 4) is 0 Å². The summed E-state index contributed by atoms with van der Waals surface area (Å²) in [5, 5.41) is 2.09. The van der Waals surface area contributed by atoms with Crippen molar-refractivity contribution in [2.24, 2.45) is 5.92 Å². The van der Waals surface area contributed by atoms with Crippen LogP contribution in [-0.2, 0) is 11.3 Å². The number of ketones is 1. The summed E-state index contributed by atoms with van der Waals surface area (Å²) in [6.07, 6.45) is 2.03. The van der Waals surface area contributed by atoms with Crippen LogP contribution in [0.25, 0.3) is 0 Å². The van der Waals surface area contributed by atoms with Crippen molar-refractivity contribution in [1.29, 1.82) is 0 Å². The third kappa shape index (κ3) is 2.86. The molecule has 2 rings (SSSR count). The second-order valence-corrected chi connectivity index (χ2v) is 4.86. The van der Waals surface area contributed by atoms with E-state index in [1.54, 1.807) is 18.3 Å². The second-order valence-electron chi connectivity index (χ2n) is 4.14. The first-order valence-electron chi connectivity index (χ1n) is 5.35. The zero-order chi connectivity index (χ0) is 10.7. The quantitative estimate of drug-likeness (QED) is 0.786. The Balaban J connectivity index is 1.81. The maximum Gasteiger partial charge on any atom is 0.133 e. The molecule has 0 amide bonds. The molecule has 0 unspecified atom stereocenters. The van der Waals surface area contributed by atoms with Crippen molar-refractivity contribution in [2.75, 3.05) is 13.1 Å². The van der Waals surface area contributed by atoms with Gasteiger partial charge in [0.2, 0.25) is 0 Å². The molecular formula is C11H16N2OS. The summed E-state index contributed by atoms with van der Waals surface area (Å²) in [6, 6.07) is 0. The van der Waals surface area contributed by atoms with Crippen LogP contribution < -0.4 is 0 Å². The fraction of sp³-hybridized carbons (Fsp3) is 0.636. The van der Waals surface area contributed by atoms with E-state index in [4.69, 9.17) is 0 Å². The van der Waals surface area contributed by atoms with Gasteiger partial charge in [-0.2, -0.15) is 0 Å². The molecule has 0 aromatic carbocycles. The van der Waals surface area contributed by atoms with Crippen LogP contribution in [0.15, 0.2) is 10.9 Å². The molecule has 1 aliphatic heterocycles. The molecule has 0 atom stereocenters. The summed E-state index contributed by atoms with van der Waals surface area (Å²) < 4.78 is 0. The average Bonchev–Trinajstić information content (AvgIpc) is 2.71. The number of nitrogens with zero attached hydrogens (tertiary/aromatic N) is 2. The fourth-order valence-corrected chi connectivity index (χ4v) is 2.59. The Bertz CT molecular complexity index is 315. The lowest BCUT2D eigenvalue weighted by atomic mass is 9.93. The van der Waals surface area contributed by atoms with Gasteiger partial charge in [0.05, 0.1) is 11.2 Å². The predicted molar refractivity (Wildman–Crippen MR) is 60.8 cm³/mol. The van der Waals surface area contributed by atoms with E-state index in [1.165, 1.54) is 0 Å². The monoisotopic (exact) mass is 224 g/mol. The first-order chi connectivity index (χ1) is 7.25. The van der Waals surface area contributed by atoms with Crippen LogP contribution in [0.5, 0.6) is 0 Å². The van der Waals surface area contributed by atoms with Gasteiger partial charge in [0, 0.05) is 17.8 Å². The van der Waals surface area contributed by atoms with E-state index in [0.29, 0.717) is 11.7 Å². The first-order valence-corrected chi connectivity index (χ1v) is 6.30. The Labute approximate surface area is 94.1 Å². The van der Waals surface area contributed by atoms with E-state index >= 15 is 0 Å². The van der Waals surface area contributed by atoms with Gasteiger partial charge in [-0.1, -0.05) is 0 Å². The number of aromatic nitrogens is 1. The molecule has 0 spiro atoms. The molecule has 0 aliphatic carbocycles. The van der Waals surface area contributed by atoms with Crippen LogP contribution in [0.2, 0.25) is 0 Å². The molecule has 2 heterocycles. The minimum absolute atomic E-state index is 0.302. The average molecular weight is 224 g/mol. The van der Waals surface area contributed by atoms with Crippen molar-refractivity contribution in [3.63, 3.8) is 0 Å². The molecule has 1 aliphatic rings. The molecule has 0 N–H and O–H groups in total. The van der Waals surface area contributed by atoms with Crippen molar-refractivity contribution >= 4 is 17.1 Å². The summed E-state index contributed by atoms with van der Waals surface area (Å²) in [5.74, 6) is 0.653. The Morgan fingerprint density at radius 2 is 2.33 bits per heavy atom. The first kappa shape index (κ1) is 10.8. The molecular weight excluding hydrogens is 208 g/mol. The van der Waals surface area contributed by atoms with Crippen molar-refractivity contribution in [3.05, 3.63) is 16.6 Å². The highest BCUT2D eigenvalue weighted by Crippen LogP contribution is 2.19. The van der Waals surface area contributed by atoms with Crippen LogP contribution in [0.4, 0.5) is 0 Å². The SMILES string of the molecule is CC(=O)C1CCN(Cc2cscn2)CC1. The van der Waals surface area contributed by atoms with Gasteiger partial charge in [-0.3, -0.25) is 9.69 Å². The molecule has 15 heavy (non-hydrogen) atoms. The van der Waals surface area contributed by atoms with Crippen molar-refractivity contribution < 1.29 is 4.79 Å². The van der Waals surface area contributed by atoms with E-state index in [9.17, 15) is 4.79 Å². The summed E-state index contributed by atoms with van der Waals surface area (Å²) in [7, 11) is 0. The van der Waals surface area contributed by atoms with Gasteiger partial charge in [-0.25, -0.2) is 4.98 Å². The fourth-order valence-electron chi connectivity index (χ4n) is 2.04.